The number of nitrogens with one attached hydrogen (secondary N) is 5. The van der Waals surface area contributed by atoms with Gasteiger partial charge in [0, 0.05) is 39.1 Å². The highest BCUT2D eigenvalue weighted by molar-refractivity contribution is 5.98. The molecule has 0 bridgehead atoms. The van der Waals surface area contributed by atoms with Gasteiger partial charge >= 0.3 is 11.9 Å². The number of rotatable bonds is 23. The number of likely N-dealkylation sites (tertiary alicyclic amines) is 4. The molecule has 4 fully saturated rings. The van der Waals surface area contributed by atoms with E-state index >= 15 is 0 Å². The molecule has 0 aromatic carbocycles. The molecule has 69 heavy (non-hydrogen) atoms. The second kappa shape index (κ2) is 25.6. The van der Waals surface area contributed by atoms with Crippen molar-refractivity contribution in [2.24, 2.45) is 22.2 Å². The van der Waals surface area contributed by atoms with Crippen LogP contribution in [0.25, 0.3) is 0 Å². The monoisotopic (exact) mass is 977 g/mol. The normalized spacial score (nSPS) is 22.1. The van der Waals surface area contributed by atoms with Crippen molar-refractivity contribution in [1.82, 2.24) is 46.2 Å². The van der Waals surface area contributed by atoms with Crippen molar-refractivity contribution in [3.05, 3.63) is 0 Å². The molecular formula is C42H67N13O14. The Balaban J connectivity index is 1.27. The van der Waals surface area contributed by atoms with Crippen molar-refractivity contribution in [2.45, 2.75) is 145 Å². The molecule has 9 atom stereocenters. The fraction of sp³-hybridized carbons (Fsp3) is 0.714. The number of aliphatic hydroxyl groups is 1. The van der Waals surface area contributed by atoms with Crippen LogP contribution in [-0.4, -0.2) is 206 Å². The van der Waals surface area contributed by atoms with Crippen LogP contribution in [0.15, 0.2) is 4.99 Å². The molecule has 384 valence electrons. The number of amides is 9. The maximum atomic E-state index is 13.9. The van der Waals surface area contributed by atoms with Gasteiger partial charge in [-0.15, -0.1) is 0 Å². The number of carbonyl (C=O) groups is 11. The number of guanidine groups is 1. The van der Waals surface area contributed by atoms with Crippen LogP contribution in [0.1, 0.15) is 90.9 Å². The number of carboxylic acids is 2. The van der Waals surface area contributed by atoms with Gasteiger partial charge in [-0.3, -0.25) is 52.9 Å². The average Bonchev–Trinajstić information content (AvgIpc) is 4.16. The van der Waals surface area contributed by atoms with Crippen molar-refractivity contribution in [3.8, 4) is 0 Å². The third kappa shape index (κ3) is 14.9. The van der Waals surface area contributed by atoms with Crippen LogP contribution in [0.4, 0.5) is 0 Å². The largest absolute Gasteiger partial charge is 0.481 e. The number of carboxylic acid groups (broad SMARTS) is 2. The van der Waals surface area contributed by atoms with Crippen LogP contribution in [0.3, 0.4) is 0 Å². The Labute approximate surface area is 398 Å². The maximum Gasteiger partial charge on any atom is 0.326 e. The maximum absolute atomic E-state index is 13.9. The molecule has 4 rings (SSSR count). The van der Waals surface area contributed by atoms with E-state index in [-0.39, 0.29) is 64.2 Å². The molecule has 27 nitrogen and oxygen atoms in total. The molecular weight excluding hydrogens is 911 g/mol. The van der Waals surface area contributed by atoms with Crippen LogP contribution in [0.2, 0.25) is 0 Å². The highest BCUT2D eigenvalue weighted by Gasteiger charge is 2.44. The summed E-state index contributed by atoms with van der Waals surface area (Å²) in [6.45, 7) is 2.38. The fourth-order valence-corrected chi connectivity index (χ4v) is 8.94. The van der Waals surface area contributed by atoms with Crippen molar-refractivity contribution in [2.75, 3.05) is 45.9 Å². The number of nitrogens with zero attached hydrogens (tertiary/aromatic N) is 5. The molecule has 4 aliphatic rings. The number of aliphatic carboxylic acids is 2. The Morgan fingerprint density at radius 3 is 1.74 bits per heavy atom. The predicted molar refractivity (Wildman–Crippen MR) is 240 cm³/mol. The van der Waals surface area contributed by atoms with Gasteiger partial charge in [0.1, 0.15) is 48.3 Å². The second-order valence-electron chi connectivity index (χ2n) is 17.6. The molecule has 14 N–H and O–H groups in total. The molecule has 0 radical (unpaired) electrons. The summed E-state index contributed by atoms with van der Waals surface area (Å²) in [5.74, 6) is -8.79. The SMILES string of the molecule is C[C@H](NC(=O)[C@@H]1CCCN1C(=O)[C@@H]1CCCN1C(=O)[C@H](C)NC(=O)[C@H](CO)NC(=O)[C@@H]1CCCN1C(=O)CNC(=O)[C@@H]1CCCN1C(=O)[C@@H](N)CCCN=C(N)N)C(=O)N[C@@H](CCC(=O)O)C(=O)O. The van der Waals surface area contributed by atoms with E-state index in [1.807, 2.05) is 0 Å². The Morgan fingerprint density at radius 1 is 0.623 bits per heavy atom. The Hall–Kier alpha value is -6.64. The average molecular weight is 978 g/mol. The molecule has 4 saturated heterocycles. The Kier molecular flexibility index (Phi) is 20.4. The van der Waals surface area contributed by atoms with Crippen LogP contribution in [0.5, 0.6) is 0 Å². The van der Waals surface area contributed by atoms with E-state index in [4.69, 9.17) is 22.3 Å². The van der Waals surface area contributed by atoms with Crippen molar-refractivity contribution in [1.29, 1.82) is 0 Å². The summed E-state index contributed by atoms with van der Waals surface area (Å²) < 4.78 is 0. The summed E-state index contributed by atoms with van der Waals surface area (Å²) in [6, 6.07) is -10.4. The molecule has 0 aliphatic carbocycles. The molecule has 4 aliphatic heterocycles. The number of nitrogens with two attached hydrogens (primary N) is 3. The van der Waals surface area contributed by atoms with Crippen molar-refractivity contribution in [3.63, 3.8) is 0 Å². The van der Waals surface area contributed by atoms with Crippen LogP contribution in [0, 0.1) is 0 Å². The third-order valence-corrected chi connectivity index (χ3v) is 12.6. The minimum Gasteiger partial charge on any atom is -0.481 e. The summed E-state index contributed by atoms with van der Waals surface area (Å²) in [4.78, 5) is 152. The van der Waals surface area contributed by atoms with E-state index < -0.39 is 139 Å². The number of carbonyl (C=O) groups excluding carboxylic acids is 9. The summed E-state index contributed by atoms with van der Waals surface area (Å²) in [5, 5.41) is 40.6. The van der Waals surface area contributed by atoms with Gasteiger partial charge in [0.25, 0.3) is 0 Å². The summed E-state index contributed by atoms with van der Waals surface area (Å²) >= 11 is 0. The number of aliphatic hydroxyl groups excluding tert-OH is 1. The Morgan fingerprint density at radius 2 is 1.16 bits per heavy atom. The first-order chi connectivity index (χ1) is 32.7. The zero-order valence-electron chi connectivity index (χ0n) is 38.9. The fourth-order valence-electron chi connectivity index (χ4n) is 8.94. The van der Waals surface area contributed by atoms with Crippen LogP contribution in [-0.2, 0) is 52.7 Å². The third-order valence-electron chi connectivity index (χ3n) is 12.6. The lowest BCUT2D eigenvalue weighted by atomic mass is 10.1. The second-order valence-corrected chi connectivity index (χ2v) is 17.6. The zero-order chi connectivity index (χ0) is 51.1. The number of hydrogen-bond donors (Lipinski definition) is 11. The first kappa shape index (κ1) is 55.0. The van der Waals surface area contributed by atoms with E-state index in [9.17, 15) is 63.0 Å². The molecule has 0 spiro atoms. The van der Waals surface area contributed by atoms with Crippen LogP contribution >= 0.6 is 0 Å². The van der Waals surface area contributed by atoms with Crippen molar-refractivity contribution >= 4 is 71.1 Å². The molecule has 4 heterocycles. The lowest BCUT2D eigenvalue weighted by Crippen LogP contribution is -2.59. The highest BCUT2D eigenvalue weighted by atomic mass is 16.4. The predicted octanol–water partition coefficient (Wildman–Crippen LogP) is -5.63. The molecule has 0 saturated carbocycles. The standard InChI is InChI=1S/C42H67N13O14/c1-22(33(60)50-25(41(68)69)13-14-32(58)59)48-36(63)29-11-6-18-54(29)40(67)30-12-7-19-55(30)38(65)23(2)49-34(61)26(21-56)51-37(64)28-10-4-16-52(28)31(57)20-47-35(62)27-9-5-17-53(27)39(66)24(43)8-3-15-46-42(44)45/h22-30,56H,3-21,43H2,1-2H3,(H,47,62)(H,48,63)(H,49,61)(H,50,60)(H,51,64)(H,58,59)(H,68,69)(H4,44,45,46)/t22-,23-,24-,25-,26-,27-,28-,29-,30-/m0/s1. The lowest BCUT2D eigenvalue weighted by Gasteiger charge is -2.33. The zero-order valence-corrected chi connectivity index (χ0v) is 38.9. The molecule has 0 unspecified atom stereocenters. The smallest absolute Gasteiger partial charge is 0.326 e. The van der Waals surface area contributed by atoms with E-state index in [0.717, 1.165) is 0 Å². The van der Waals surface area contributed by atoms with Gasteiger partial charge in [-0.1, -0.05) is 0 Å². The van der Waals surface area contributed by atoms with Gasteiger partial charge < -0.3 is 78.7 Å². The molecule has 9 amide bonds. The molecule has 0 aromatic rings. The highest BCUT2D eigenvalue weighted by Crippen LogP contribution is 2.26. The first-order valence-electron chi connectivity index (χ1n) is 23.2. The lowest BCUT2D eigenvalue weighted by molar-refractivity contribution is -0.148. The number of hydrogen-bond acceptors (Lipinski definition) is 14. The van der Waals surface area contributed by atoms with E-state index in [0.29, 0.717) is 45.1 Å². The molecule has 0 aromatic heterocycles. The first-order valence-corrected chi connectivity index (χ1v) is 23.2. The van der Waals surface area contributed by atoms with Gasteiger partial charge in [-0.2, -0.15) is 0 Å². The summed E-state index contributed by atoms with van der Waals surface area (Å²) in [6.07, 6.45) is 2.71. The van der Waals surface area contributed by atoms with Crippen LogP contribution < -0.4 is 43.8 Å². The van der Waals surface area contributed by atoms with Gasteiger partial charge in [-0.05, 0) is 84.5 Å². The topological polar surface area (TPSA) is 412 Å². The van der Waals surface area contributed by atoms with Crippen molar-refractivity contribution < 1.29 is 68.1 Å². The summed E-state index contributed by atoms with van der Waals surface area (Å²) in [5.41, 5.74) is 16.7. The van der Waals surface area contributed by atoms with E-state index in [1.165, 1.54) is 33.4 Å². The van der Waals surface area contributed by atoms with Gasteiger partial charge in [0.15, 0.2) is 5.96 Å². The molecule has 27 heteroatoms. The van der Waals surface area contributed by atoms with Gasteiger partial charge in [0.2, 0.25) is 53.2 Å². The summed E-state index contributed by atoms with van der Waals surface area (Å²) in [7, 11) is 0. The number of aliphatic imine (C=N–C) groups is 1. The van der Waals surface area contributed by atoms with E-state index in [1.54, 1.807) is 0 Å². The van der Waals surface area contributed by atoms with Gasteiger partial charge in [-0.25, -0.2) is 4.79 Å². The minimum absolute atomic E-state index is 0.0806. The van der Waals surface area contributed by atoms with E-state index in [2.05, 4.69) is 31.6 Å². The Bertz CT molecular complexity index is 1980. The van der Waals surface area contributed by atoms with Gasteiger partial charge in [0.05, 0.1) is 19.2 Å². The quantitative estimate of drug-likeness (QED) is 0.0258. The minimum atomic E-state index is -1.54.